The van der Waals surface area contributed by atoms with Gasteiger partial charge in [-0.05, 0) is 30.7 Å². The summed E-state index contributed by atoms with van der Waals surface area (Å²) in [5, 5.41) is 1.19. The van der Waals surface area contributed by atoms with Gasteiger partial charge in [0.2, 0.25) is 0 Å². The van der Waals surface area contributed by atoms with Crippen LogP contribution in [0.4, 0.5) is 0 Å². The Balaban J connectivity index is 1.79. The van der Waals surface area contributed by atoms with E-state index in [0.717, 1.165) is 22.4 Å². The van der Waals surface area contributed by atoms with Crippen LogP contribution in [0.25, 0.3) is 10.9 Å². The predicted molar refractivity (Wildman–Crippen MR) is 81.7 cm³/mol. The molecule has 0 radical (unpaired) electrons. The highest BCUT2D eigenvalue weighted by Crippen LogP contribution is 2.21. The fourth-order valence-electron chi connectivity index (χ4n) is 2.28. The molecule has 0 aliphatic rings. The Morgan fingerprint density at radius 3 is 2.65 bits per heavy atom. The van der Waals surface area contributed by atoms with Crippen molar-refractivity contribution in [3.63, 3.8) is 0 Å². The van der Waals surface area contributed by atoms with E-state index in [4.69, 9.17) is 10.5 Å². The maximum Gasteiger partial charge on any atom is 0.119 e. The quantitative estimate of drug-likeness (QED) is 0.759. The average molecular weight is 266 g/mol. The molecular formula is C17H18N2O. The molecule has 0 aliphatic heterocycles. The first kappa shape index (κ1) is 12.8. The molecule has 0 saturated carbocycles. The summed E-state index contributed by atoms with van der Waals surface area (Å²) in [4.78, 5) is 3.27. The molecule has 0 atom stereocenters. The third-order valence-electron chi connectivity index (χ3n) is 3.48. The van der Waals surface area contributed by atoms with Crippen molar-refractivity contribution < 1.29 is 4.74 Å². The Hall–Kier alpha value is -2.26. The molecule has 3 rings (SSSR count). The number of fused-ring (bicyclic) bond motifs is 1. The Morgan fingerprint density at radius 1 is 1.10 bits per heavy atom. The standard InChI is InChI=1S/C17H18N2O/c1-12-2-5-15(6-3-12)20-11-14-10-19-17-8-13(9-18)4-7-16(14)17/h2-8,10,19H,9,11,18H2,1H3. The summed E-state index contributed by atoms with van der Waals surface area (Å²) < 4.78 is 5.83. The van der Waals surface area contributed by atoms with Crippen LogP contribution in [0, 0.1) is 6.92 Å². The number of hydrogen-bond donors (Lipinski definition) is 2. The van der Waals surface area contributed by atoms with Crippen molar-refractivity contribution in [3.8, 4) is 5.75 Å². The normalized spacial score (nSPS) is 10.9. The number of nitrogens with two attached hydrogens (primary N) is 1. The van der Waals surface area contributed by atoms with Gasteiger partial charge in [-0.1, -0.05) is 29.8 Å². The van der Waals surface area contributed by atoms with Gasteiger partial charge < -0.3 is 15.5 Å². The van der Waals surface area contributed by atoms with Gasteiger partial charge in [-0.2, -0.15) is 0 Å². The molecule has 3 nitrogen and oxygen atoms in total. The summed E-state index contributed by atoms with van der Waals surface area (Å²) in [5.74, 6) is 0.892. The van der Waals surface area contributed by atoms with E-state index in [2.05, 4.69) is 42.2 Å². The summed E-state index contributed by atoms with van der Waals surface area (Å²) >= 11 is 0. The molecule has 1 aromatic heterocycles. The Kier molecular flexibility index (Phi) is 3.44. The Labute approximate surface area is 118 Å². The van der Waals surface area contributed by atoms with Gasteiger partial charge in [0.05, 0.1) is 0 Å². The molecular weight excluding hydrogens is 248 g/mol. The molecule has 2 aromatic carbocycles. The molecule has 3 heteroatoms. The van der Waals surface area contributed by atoms with E-state index in [1.54, 1.807) is 0 Å². The number of aryl methyl sites for hydroxylation is 1. The summed E-state index contributed by atoms with van der Waals surface area (Å²) in [6, 6.07) is 14.3. The summed E-state index contributed by atoms with van der Waals surface area (Å²) in [7, 11) is 0. The van der Waals surface area contributed by atoms with E-state index in [9.17, 15) is 0 Å². The minimum atomic E-state index is 0.560. The van der Waals surface area contributed by atoms with Gasteiger partial charge in [0, 0.05) is 29.2 Å². The molecule has 0 fully saturated rings. The summed E-state index contributed by atoms with van der Waals surface area (Å²) in [6.07, 6.45) is 2.00. The lowest BCUT2D eigenvalue weighted by atomic mass is 10.1. The summed E-state index contributed by atoms with van der Waals surface area (Å²) in [5.41, 5.74) is 10.3. The minimum absolute atomic E-state index is 0.560. The highest BCUT2D eigenvalue weighted by Gasteiger charge is 2.05. The number of hydrogen-bond acceptors (Lipinski definition) is 2. The number of benzene rings is 2. The second-order valence-corrected chi connectivity index (χ2v) is 5.00. The van der Waals surface area contributed by atoms with Crippen LogP contribution in [0.2, 0.25) is 0 Å². The SMILES string of the molecule is Cc1ccc(OCc2c[nH]c3cc(CN)ccc23)cc1. The fraction of sp³-hybridized carbons (Fsp3) is 0.176. The maximum atomic E-state index is 5.83. The third kappa shape index (κ3) is 2.53. The van der Waals surface area contributed by atoms with Crippen molar-refractivity contribution in [3.05, 3.63) is 65.4 Å². The van der Waals surface area contributed by atoms with Crippen LogP contribution < -0.4 is 10.5 Å². The smallest absolute Gasteiger partial charge is 0.119 e. The molecule has 0 unspecified atom stereocenters. The third-order valence-corrected chi connectivity index (χ3v) is 3.48. The lowest BCUT2D eigenvalue weighted by Gasteiger charge is -2.06. The van der Waals surface area contributed by atoms with Gasteiger partial charge in [-0.3, -0.25) is 0 Å². The van der Waals surface area contributed by atoms with Crippen molar-refractivity contribution in [2.24, 2.45) is 5.73 Å². The highest BCUT2D eigenvalue weighted by molar-refractivity contribution is 5.83. The fourth-order valence-corrected chi connectivity index (χ4v) is 2.28. The first-order chi connectivity index (χ1) is 9.76. The number of H-pyrrole nitrogens is 1. The first-order valence-corrected chi connectivity index (χ1v) is 6.74. The lowest BCUT2D eigenvalue weighted by molar-refractivity contribution is 0.307. The maximum absolute atomic E-state index is 5.83. The molecule has 0 amide bonds. The van der Waals surface area contributed by atoms with Gasteiger partial charge in [0.25, 0.3) is 0 Å². The highest BCUT2D eigenvalue weighted by atomic mass is 16.5. The zero-order valence-corrected chi connectivity index (χ0v) is 11.5. The number of rotatable bonds is 4. The van der Waals surface area contributed by atoms with Crippen LogP contribution >= 0.6 is 0 Å². The lowest BCUT2D eigenvalue weighted by Crippen LogP contribution is -1.96. The largest absolute Gasteiger partial charge is 0.489 e. The van der Waals surface area contributed by atoms with E-state index in [0.29, 0.717) is 13.2 Å². The van der Waals surface area contributed by atoms with Gasteiger partial charge in [-0.15, -0.1) is 0 Å². The van der Waals surface area contributed by atoms with Crippen LogP contribution in [0.5, 0.6) is 5.75 Å². The number of aromatic nitrogens is 1. The molecule has 3 aromatic rings. The molecule has 1 heterocycles. The van der Waals surface area contributed by atoms with Crippen LogP contribution in [-0.2, 0) is 13.2 Å². The van der Waals surface area contributed by atoms with E-state index in [1.807, 2.05) is 18.3 Å². The van der Waals surface area contributed by atoms with Gasteiger partial charge >= 0.3 is 0 Å². The zero-order chi connectivity index (χ0) is 13.9. The molecule has 102 valence electrons. The monoisotopic (exact) mass is 266 g/mol. The van der Waals surface area contributed by atoms with E-state index < -0.39 is 0 Å². The summed E-state index contributed by atoms with van der Waals surface area (Å²) in [6.45, 7) is 3.19. The molecule has 0 aliphatic carbocycles. The molecule has 20 heavy (non-hydrogen) atoms. The van der Waals surface area contributed by atoms with Crippen LogP contribution in [0.1, 0.15) is 16.7 Å². The minimum Gasteiger partial charge on any atom is -0.489 e. The van der Waals surface area contributed by atoms with Crippen LogP contribution in [-0.4, -0.2) is 4.98 Å². The van der Waals surface area contributed by atoms with Crippen molar-refractivity contribution in [1.29, 1.82) is 0 Å². The van der Waals surface area contributed by atoms with E-state index in [-0.39, 0.29) is 0 Å². The van der Waals surface area contributed by atoms with Gasteiger partial charge in [-0.25, -0.2) is 0 Å². The van der Waals surface area contributed by atoms with Crippen LogP contribution in [0.3, 0.4) is 0 Å². The van der Waals surface area contributed by atoms with Gasteiger partial charge in [0.1, 0.15) is 12.4 Å². The molecule has 0 spiro atoms. The Morgan fingerprint density at radius 2 is 1.90 bits per heavy atom. The second-order valence-electron chi connectivity index (χ2n) is 5.00. The zero-order valence-electron chi connectivity index (χ0n) is 11.5. The number of aromatic amines is 1. The number of ether oxygens (including phenoxy) is 1. The second kappa shape index (κ2) is 5.39. The van der Waals surface area contributed by atoms with Gasteiger partial charge in [0.15, 0.2) is 0 Å². The van der Waals surface area contributed by atoms with E-state index in [1.165, 1.54) is 10.9 Å². The van der Waals surface area contributed by atoms with Crippen molar-refractivity contribution in [2.45, 2.75) is 20.1 Å². The number of nitrogens with one attached hydrogen (secondary N) is 1. The van der Waals surface area contributed by atoms with Crippen molar-refractivity contribution in [2.75, 3.05) is 0 Å². The molecule has 0 saturated heterocycles. The van der Waals surface area contributed by atoms with E-state index >= 15 is 0 Å². The Bertz CT molecular complexity index is 713. The predicted octanol–water partition coefficient (Wildman–Crippen LogP) is 3.51. The van der Waals surface area contributed by atoms with Crippen LogP contribution in [0.15, 0.2) is 48.7 Å². The van der Waals surface area contributed by atoms with Crippen molar-refractivity contribution in [1.82, 2.24) is 4.98 Å². The van der Waals surface area contributed by atoms with Crippen molar-refractivity contribution >= 4 is 10.9 Å². The molecule has 3 N–H and O–H groups in total. The first-order valence-electron chi connectivity index (χ1n) is 6.74. The topological polar surface area (TPSA) is 51.0 Å². The molecule has 0 bridgehead atoms. The average Bonchev–Trinajstić information content (AvgIpc) is 2.89.